The highest BCUT2D eigenvalue weighted by Crippen LogP contribution is 2.28. The van der Waals surface area contributed by atoms with Crippen molar-refractivity contribution in [2.24, 2.45) is 0 Å². The average molecular weight is 236 g/mol. The Morgan fingerprint density at radius 3 is 2.81 bits per heavy atom. The van der Waals surface area contributed by atoms with Crippen LogP contribution in [0.2, 0.25) is 0 Å². The minimum absolute atomic E-state index is 0.320. The van der Waals surface area contributed by atoms with Crippen LogP contribution in [0.15, 0.2) is 24.3 Å². The first-order valence-electron chi connectivity index (χ1n) is 4.91. The molecule has 0 saturated heterocycles. The summed E-state index contributed by atoms with van der Waals surface area (Å²) in [6.45, 7) is 1.72. The third kappa shape index (κ3) is 1.94. The van der Waals surface area contributed by atoms with Gasteiger partial charge in [-0.2, -0.15) is 0 Å². The molecule has 16 heavy (non-hydrogen) atoms. The quantitative estimate of drug-likeness (QED) is 0.815. The number of hydrogen-bond donors (Lipinski definition) is 1. The maximum atomic E-state index is 11.3. The summed E-state index contributed by atoms with van der Waals surface area (Å²) in [6.07, 6.45) is -0.495. The Bertz CT molecular complexity index is 528. The van der Waals surface area contributed by atoms with E-state index in [0.29, 0.717) is 4.88 Å². The third-order valence-corrected chi connectivity index (χ3v) is 3.51. The van der Waals surface area contributed by atoms with Crippen molar-refractivity contribution < 1.29 is 14.6 Å². The number of fused-ring (bicyclic) bond motifs is 1. The lowest BCUT2D eigenvalue weighted by molar-refractivity contribution is 0.0606. The zero-order valence-corrected chi connectivity index (χ0v) is 9.88. The van der Waals surface area contributed by atoms with Gasteiger partial charge in [-0.05, 0) is 36.1 Å². The molecule has 4 heteroatoms. The molecular formula is C12H12O3S. The number of aliphatic hydroxyl groups excluding tert-OH is 1. The van der Waals surface area contributed by atoms with Gasteiger partial charge in [0.15, 0.2) is 0 Å². The van der Waals surface area contributed by atoms with E-state index in [0.717, 1.165) is 15.6 Å². The highest BCUT2D eigenvalue weighted by atomic mass is 32.1. The summed E-state index contributed by atoms with van der Waals surface area (Å²) in [5.41, 5.74) is 0.849. The third-order valence-electron chi connectivity index (χ3n) is 2.41. The van der Waals surface area contributed by atoms with Gasteiger partial charge in [-0.3, -0.25) is 0 Å². The lowest BCUT2D eigenvalue weighted by Gasteiger charge is -2.03. The van der Waals surface area contributed by atoms with E-state index in [-0.39, 0.29) is 5.97 Å². The predicted molar refractivity (Wildman–Crippen MR) is 63.8 cm³/mol. The minimum Gasteiger partial charge on any atom is -0.465 e. The number of aliphatic hydroxyl groups is 1. The number of rotatable bonds is 2. The molecule has 0 radical (unpaired) electrons. The van der Waals surface area contributed by atoms with Crippen LogP contribution >= 0.6 is 11.3 Å². The molecule has 84 valence electrons. The van der Waals surface area contributed by atoms with Crippen molar-refractivity contribution in [2.75, 3.05) is 7.11 Å². The van der Waals surface area contributed by atoms with Crippen molar-refractivity contribution in [1.29, 1.82) is 0 Å². The Balaban J connectivity index is 2.50. The smallest absolute Gasteiger partial charge is 0.348 e. The number of ether oxygens (including phenoxy) is 1. The van der Waals surface area contributed by atoms with E-state index >= 15 is 0 Å². The standard InChI is InChI=1S/C12H12O3S/c1-7(13)8-3-4-10-9(5-8)6-11(16-10)12(14)15-2/h3-7,13H,1-2H3. The number of carbonyl (C=O) groups is 1. The number of esters is 1. The van der Waals surface area contributed by atoms with Crippen LogP contribution in [0.25, 0.3) is 10.1 Å². The summed E-state index contributed by atoms with van der Waals surface area (Å²) in [5, 5.41) is 10.4. The normalized spacial score (nSPS) is 12.7. The molecule has 1 atom stereocenters. The second kappa shape index (κ2) is 4.23. The Labute approximate surface area is 97.3 Å². The maximum absolute atomic E-state index is 11.3. The minimum atomic E-state index is -0.495. The fraction of sp³-hybridized carbons (Fsp3) is 0.250. The number of thiophene rings is 1. The van der Waals surface area contributed by atoms with Gasteiger partial charge in [-0.15, -0.1) is 11.3 Å². The zero-order chi connectivity index (χ0) is 11.7. The Hall–Kier alpha value is -1.39. The monoisotopic (exact) mass is 236 g/mol. The van der Waals surface area contributed by atoms with E-state index in [4.69, 9.17) is 0 Å². The molecule has 2 aromatic rings. The van der Waals surface area contributed by atoms with Crippen LogP contribution < -0.4 is 0 Å². The van der Waals surface area contributed by atoms with Crippen LogP contribution in [0, 0.1) is 0 Å². The van der Waals surface area contributed by atoms with Gasteiger partial charge >= 0.3 is 5.97 Å². The molecule has 0 fully saturated rings. The van der Waals surface area contributed by atoms with Gasteiger partial charge in [-0.1, -0.05) is 6.07 Å². The van der Waals surface area contributed by atoms with Crippen LogP contribution in [0.5, 0.6) is 0 Å². The molecule has 0 spiro atoms. The van der Waals surface area contributed by atoms with Crippen LogP contribution in [0.1, 0.15) is 28.3 Å². The van der Waals surface area contributed by atoms with Crippen molar-refractivity contribution in [3.63, 3.8) is 0 Å². The van der Waals surface area contributed by atoms with Crippen LogP contribution in [-0.2, 0) is 4.74 Å². The highest BCUT2D eigenvalue weighted by Gasteiger charge is 2.11. The summed E-state index contributed by atoms with van der Waals surface area (Å²) < 4.78 is 5.68. The van der Waals surface area contributed by atoms with Gasteiger partial charge in [0.05, 0.1) is 13.2 Å². The van der Waals surface area contributed by atoms with E-state index in [9.17, 15) is 9.90 Å². The topological polar surface area (TPSA) is 46.5 Å². The lowest BCUT2D eigenvalue weighted by Crippen LogP contribution is -1.96. The lowest BCUT2D eigenvalue weighted by atomic mass is 10.1. The fourth-order valence-electron chi connectivity index (χ4n) is 1.52. The molecule has 1 aromatic heterocycles. The molecule has 0 aliphatic rings. The number of methoxy groups -OCH3 is 1. The van der Waals surface area contributed by atoms with Gasteiger partial charge in [0.2, 0.25) is 0 Å². The SMILES string of the molecule is COC(=O)c1cc2cc(C(C)O)ccc2s1. The molecule has 0 amide bonds. The molecule has 0 aliphatic heterocycles. The Morgan fingerprint density at radius 2 is 2.19 bits per heavy atom. The predicted octanol–water partition coefficient (Wildman–Crippen LogP) is 2.74. The highest BCUT2D eigenvalue weighted by molar-refractivity contribution is 7.20. The molecule has 0 bridgehead atoms. The molecule has 1 unspecified atom stereocenters. The van der Waals surface area contributed by atoms with Crippen molar-refractivity contribution in [1.82, 2.24) is 0 Å². The van der Waals surface area contributed by atoms with Crippen molar-refractivity contribution in [3.05, 3.63) is 34.7 Å². The molecule has 1 aromatic carbocycles. The molecule has 3 nitrogen and oxygen atoms in total. The van der Waals surface area contributed by atoms with Gasteiger partial charge in [0, 0.05) is 4.70 Å². The second-order valence-electron chi connectivity index (χ2n) is 3.58. The van der Waals surface area contributed by atoms with Gasteiger partial charge in [0.1, 0.15) is 4.88 Å². The van der Waals surface area contributed by atoms with E-state index in [2.05, 4.69) is 4.74 Å². The molecule has 1 N–H and O–H groups in total. The number of carbonyl (C=O) groups excluding carboxylic acids is 1. The van der Waals surface area contributed by atoms with Crippen LogP contribution in [0.3, 0.4) is 0 Å². The van der Waals surface area contributed by atoms with E-state index in [1.54, 1.807) is 13.0 Å². The number of hydrogen-bond acceptors (Lipinski definition) is 4. The molecule has 2 rings (SSSR count). The Kier molecular flexibility index (Phi) is 2.94. The summed E-state index contributed by atoms with van der Waals surface area (Å²) in [6, 6.07) is 7.46. The van der Waals surface area contributed by atoms with E-state index in [1.165, 1.54) is 18.4 Å². The maximum Gasteiger partial charge on any atom is 0.348 e. The second-order valence-corrected chi connectivity index (χ2v) is 4.66. The van der Waals surface area contributed by atoms with E-state index in [1.807, 2.05) is 18.2 Å². The summed E-state index contributed by atoms with van der Waals surface area (Å²) in [5.74, 6) is -0.320. The zero-order valence-electron chi connectivity index (χ0n) is 9.06. The summed E-state index contributed by atoms with van der Waals surface area (Å²) in [7, 11) is 1.37. The molecule has 0 aliphatic carbocycles. The van der Waals surface area contributed by atoms with Gasteiger partial charge in [-0.25, -0.2) is 4.79 Å². The average Bonchev–Trinajstić information content (AvgIpc) is 2.70. The van der Waals surface area contributed by atoms with Crippen molar-refractivity contribution in [2.45, 2.75) is 13.0 Å². The van der Waals surface area contributed by atoms with Gasteiger partial charge in [0.25, 0.3) is 0 Å². The summed E-state index contributed by atoms with van der Waals surface area (Å²) >= 11 is 1.39. The molecule has 1 heterocycles. The first kappa shape index (κ1) is 11.1. The molecular weight excluding hydrogens is 224 g/mol. The summed E-state index contributed by atoms with van der Waals surface area (Å²) in [4.78, 5) is 11.9. The van der Waals surface area contributed by atoms with Crippen LogP contribution in [-0.4, -0.2) is 18.2 Å². The van der Waals surface area contributed by atoms with Gasteiger partial charge < -0.3 is 9.84 Å². The number of benzene rings is 1. The van der Waals surface area contributed by atoms with Crippen molar-refractivity contribution in [3.8, 4) is 0 Å². The fourth-order valence-corrected chi connectivity index (χ4v) is 2.48. The largest absolute Gasteiger partial charge is 0.465 e. The van der Waals surface area contributed by atoms with E-state index < -0.39 is 6.10 Å². The Morgan fingerprint density at radius 1 is 1.44 bits per heavy atom. The first-order valence-corrected chi connectivity index (χ1v) is 5.73. The van der Waals surface area contributed by atoms with Crippen LogP contribution in [0.4, 0.5) is 0 Å². The van der Waals surface area contributed by atoms with Crippen molar-refractivity contribution >= 4 is 27.4 Å². The molecule has 0 saturated carbocycles. The first-order chi connectivity index (χ1) is 7.61.